The average Bonchev–Trinajstić information content (AvgIpc) is 3.30. The molecule has 0 spiro atoms. The number of rotatable bonds is 3. The number of benzene rings is 4. The Hall–Kier alpha value is -3.78. The molecule has 0 aliphatic heterocycles. The Morgan fingerprint density at radius 3 is 1.68 bits per heavy atom. The van der Waals surface area contributed by atoms with E-state index in [1.165, 1.54) is 60.7 Å². The van der Waals surface area contributed by atoms with Gasteiger partial charge in [0.15, 0.2) is 0 Å². The summed E-state index contributed by atoms with van der Waals surface area (Å²) in [7, 11) is 0. The van der Waals surface area contributed by atoms with Crippen LogP contribution >= 0.6 is 0 Å². The summed E-state index contributed by atoms with van der Waals surface area (Å²) in [6.07, 6.45) is 0. The molecule has 0 unspecified atom stereocenters. The van der Waals surface area contributed by atoms with Crippen molar-refractivity contribution in [2.45, 2.75) is 19.8 Å². The number of aromatic nitrogens is 2. The Bertz CT molecular complexity index is 1480. The highest BCUT2D eigenvalue weighted by Gasteiger charge is 2.27. The van der Waals surface area contributed by atoms with Crippen LogP contribution in [0.25, 0.3) is 32.6 Å². The molecule has 0 fully saturated rings. The smallest absolute Gasteiger partial charge is 0.0459 e. The van der Waals surface area contributed by atoms with E-state index in [1.807, 2.05) is 0 Å². The van der Waals surface area contributed by atoms with Gasteiger partial charge >= 0.3 is 0 Å². The van der Waals surface area contributed by atoms with Gasteiger partial charge < -0.3 is 9.97 Å². The summed E-state index contributed by atoms with van der Waals surface area (Å²) in [6.45, 7) is 4.40. The second kappa shape index (κ2) is 6.88. The standard InChI is InChI=1S/C29H24N2/c1-18-27(23-11-5-7-13-25(23)30-18)29(22-16-15-20-9-3-4-10-21(20)17-22)28-19(2)31-26-14-8-6-12-24(26)28/h3-17,29-31H,1-2H3. The molecule has 6 rings (SSSR count). The molecule has 0 atom stereocenters. The molecule has 31 heavy (non-hydrogen) atoms. The second-order valence-corrected chi connectivity index (χ2v) is 8.46. The van der Waals surface area contributed by atoms with Gasteiger partial charge in [0.2, 0.25) is 0 Å². The maximum Gasteiger partial charge on any atom is 0.0459 e. The maximum absolute atomic E-state index is 3.63. The van der Waals surface area contributed by atoms with E-state index in [0.717, 1.165) is 0 Å². The third-order valence-electron chi connectivity index (χ3n) is 6.57. The number of nitrogens with one attached hydrogen (secondary N) is 2. The highest BCUT2D eigenvalue weighted by atomic mass is 14.7. The number of hydrogen-bond donors (Lipinski definition) is 2. The fraction of sp³-hybridized carbons (Fsp3) is 0.103. The minimum Gasteiger partial charge on any atom is -0.358 e. The fourth-order valence-electron chi connectivity index (χ4n) is 5.21. The van der Waals surface area contributed by atoms with Crippen LogP contribution in [0.4, 0.5) is 0 Å². The molecule has 6 aromatic rings. The third-order valence-corrected chi connectivity index (χ3v) is 6.57. The van der Waals surface area contributed by atoms with Crippen molar-refractivity contribution in [3.8, 4) is 0 Å². The molecule has 0 aliphatic rings. The minimum atomic E-state index is 0.136. The van der Waals surface area contributed by atoms with Crippen LogP contribution < -0.4 is 0 Å². The Morgan fingerprint density at radius 1 is 0.548 bits per heavy atom. The number of fused-ring (bicyclic) bond motifs is 3. The molecule has 2 nitrogen and oxygen atoms in total. The molecule has 0 amide bonds. The van der Waals surface area contributed by atoms with E-state index in [9.17, 15) is 0 Å². The van der Waals surface area contributed by atoms with Gasteiger partial charge in [0.05, 0.1) is 0 Å². The third kappa shape index (κ3) is 2.79. The molecule has 0 bridgehead atoms. The van der Waals surface area contributed by atoms with Crippen molar-refractivity contribution in [3.05, 3.63) is 119 Å². The van der Waals surface area contributed by atoms with Crippen molar-refractivity contribution >= 4 is 32.6 Å². The van der Waals surface area contributed by atoms with E-state index in [4.69, 9.17) is 0 Å². The van der Waals surface area contributed by atoms with Crippen LogP contribution in [0.1, 0.15) is 34.0 Å². The summed E-state index contributed by atoms with van der Waals surface area (Å²) in [5.74, 6) is 0.136. The van der Waals surface area contributed by atoms with Crippen molar-refractivity contribution in [2.75, 3.05) is 0 Å². The first-order valence-electron chi connectivity index (χ1n) is 10.8. The van der Waals surface area contributed by atoms with Crippen LogP contribution in [0.15, 0.2) is 91.0 Å². The summed E-state index contributed by atoms with van der Waals surface area (Å²) >= 11 is 0. The molecule has 0 saturated heterocycles. The minimum absolute atomic E-state index is 0.136. The first-order chi connectivity index (χ1) is 15.2. The van der Waals surface area contributed by atoms with E-state index < -0.39 is 0 Å². The normalized spacial score (nSPS) is 11.8. The number of aryl methyl sites for hydroxylation is 2. The van der Waals surface area contributed by atoms with Crippen molar-refractivity contribution in [1.29, 1.82) is 0 Å². The largest absolute Gasteiger partial charge is 0.358 e. The quantitative estimate of drug-likeness (QED) is 0.306. The molecular weight excluding hydrogens is 376 g/mol. The first-order valence-corrected chi connectivity index (χ1v) is 10.8. The summed E-state index contributed by atoms with van der Waals surface area (Å²) < 4.78 is 0. The summed E-state index contributed by atoms with van der Waals surface area (Å²) in [4.78, 5) is 7.27. The lowest BCUT2D eigenvalue weighted by Gasteiger charge is -2.21. The zero-order valence-electron chi connectivity index (χ0n) is 17.7. The van der Waals surface area contributed by atoms with Crippen LogP contribution in [0.2, 0.25) is 0 Å². The lowest BCUT2D eigenvalue weighted by atomic mass is 9.81. The van der Waals surface area contributed by atoms with Crippen molar-refractivity contribution in [2.24, 2.45) is 0 Å². The first kappa shape index (κ1) is 18.0. The number of hydrogen-bond acceptors (Lipinski definition) is 0. The van der Waals surface area contributed by atoms with Crippen LogP contribution in [0.5, 0.6) is 0 Å². The van der Waals surface area contributed by atoms with Crippen LogP contribution in [0.3, 0.4) is 0 Å². The van der Waals surface area contributed by atoms with Crippen molar-refractivity contribution in [1.82, 2.24) is 9.97 Å². The van der Waals surface area contributed by atoms with Gasteiger partial charge in [-0.1, -0.05) is 78.9 Å². The number of para-hydroxylation sites is 2. The van der Waals surface area contributed by atoms with Gasteiger partial charge in [0.1, 0.15) is 0 Å². The SMILES string of the molecule is Cc1[nH]c2ccccc2c1C(c1ccc2ccccc2c1)c1c(C)[nH]c2ccccc12. The highest BCUT2D eigenvalue weighted by Crippen LogP contribution is 2.43. The molecule has 150 valence electrons. The van der Waals surface area contributed by atoms with Crippen molar-refractivity contribution in [3.63, 3.8) is 0 Å². The summed E-state index contributed by atoms with van der Waals surface area (Å²) in [5.41, 5.74) is 8.88. The Kier molecular flexibility index (Phi) is 4.00. The Labute approximate surface area is 181 Å². The summed E-state index contributed by atoms with van der Waals surface area (Å²) in [5, 5.41) is 5.14. The molecule has 2 N–H and O–H groups in total. The van der Waals surface area contributed by atoms with E-state index >= 15 is 0 Å². The zero-order chi connectivity index (χ0) is 20.9. The number of H-pyrrole nitrogens is 2. The molecule has 4 aromatic carbocycles. The maximum atomic E-state index is 3.63. The Morgan fingerprint density at radius 2 is 1.06 bits per heavy atom. The van der Waals surface area contributed by atoms with Gasteiger partial charge in [-0.15, -0.1) is 0 Å². The van der Waals surface area contributed by atoms with Crippen molar-refractivity contribution < 1.29 is 0 Å². The van der Waals surface area contributed by atoms with E-state index in [-0.39, 0.29) is 5.92 Å². The molecule has 2 aromatic heterocycles. The molecule has 0 aliphatic carbocycles. The van der Waals surface area contributed by atoms with Crippen LogP contribution in [-0.2, 0) is 0 Å². The van der Waals surface area contributed by atoms with Gasteiger partial charge in [-0.05, 0) is 53.4 Å². The van der Waals surface area contributed by atoms with E-state index in [1.54, 1.807) is 0 Å². The predicted molar refractivity (Wildman–Crippen MR) is 131 cm³/mol. The van der Waals surface area contributed by atoms with Gasteiger partial charge in [0.25, 0.3) is 0 Å². The van der Waals surface area contributed by atoms with Gasteiger partial charge in [-0.2, -0.15) is 0 Å². The zero-order valence-corrected chi connectivity index (χ0v) is 17.7. The van der Waals surface area contributed by atoms with Gasteiger partial charge in [-0.3, -0.25) is 0 Å². The highest BCUT2D eigenvalue weighted by molar-refractivity contribution is 5.92. The van der Waals surface area contributed by atoms with Crippen LogP contribution in [0, 0.1) is 13.8 Å². The molecule has 2 heterocycles. The van der Waals surface area contributed by atoms with Crippen LogP contribution in [-0.4, -0.2) is 9.97 Å². The fourth-order valence-corrected chi connectivity index (χ4v) is 5.21. The average molecular weight is 401 g/mol. The monoisotopic (exact) mass is 400 g/mol. The molecule has 0 radical (unpaired) electrons. The topological polar surface area (TPSA) is 31.6 Å². The summed E-state index contributed by atoms with van der Waals surface area (Å²) in [6, 6.07) is 32.8. The van der Waals surface area contributed by atoms with E-state index in [2.05, 4.69) is 115 Å². The number of aromatic amines is 2. The molecular formula is C29H24N2. The van der Waals surface area contributed by atoms with Gasteiger partial charge in [0, 0.05) is 39.1 Å². The predicted octanol–water partition coefficient (Wildman–Crippen LogP) is 7.60. The Balaban J connectivity index is 1.71. The molecule has 0 saturated carbocycles. The van der Waals surface area contributed by atoms with Gasteiger partial charge in [-0.25, -0.2) is 0 Å². The second-order valence-electron chi connectivity index (χ2n) is 8.46. The van der Waals surface area contributed by atoms with E-state index in [0.29, 0.717) is 0 Å². The lowest BCUT2D eigenvalue weighted by molar-refractivity contribution is 0.964. The molecule has 2 heteroatoms. The lowest BCUT2D eigenvalue weighted by Crippen LogP contribution is -2.06.